The first-order valence-electron chi connectivity index (χ1n) is 6.26. The minimum absolute atomic E-state index is 0.113. The zero-order chi connectivity index (χ0) is 13.2. The number of rotatable bonds is 3. The molecule has 0 spiro atoms. The van der Waals surface area contributed by atoms with Gasteiger partial charge in [0.05, 0.1) is 5.69 Å². The lowest BCUT2D eigenvalue weighted by atomic mass is 10.00. The van der Waals surface area contributed by atoms with Crippen LogP contribution < -0.4 is 5.56 Å². The summed E-state index contributed by atoms with van der Waals surface area (Å²) in [5.41, 5.74) is 2.21. The van der Waals surface area contributed by atoms with Gasteiger partial charge in [0.1, 0.15) is 11.8 Å². The first-order chi connectivity index (χ1) is 9.26. The maximum absolute atomic E-state index is 11.8. The van der Waals surface area contributed by atoms with Crippen LogP contribution in [0, 0.1) is 5.92 Å². The number of aromatic nitrogens is 3. The summed E-state index contributed by atoms with van der Waals surface area (Å²) in [7, 11) is 0. The van der Waals surface area contributed by atoms with Gasteiger partial charge in [-0.25, -0.2) is 4.98 Å². The van der Waals surface area contributed by atoms with Crippen LogP contribution in [-0.2, 0) is 11.3 Å². The van der Waals surface area contributed by atoms with Crippen molar-refractivity contribution >= 4 is 22.6 Å². The second-order valence-corrected chi connectivity index (χ2v) is 5.60. The zero-order valence-corrected chi connectivity index (χ0v) is 11.2. The van der Waals surface area contributed by atoms with Gasteiger partial charge in [0.25, 0.3) is 5.56 Å². The largest absolute Gasteiger partial charge is 0.303 e. The van der Waals surface area contributed by atoms with E-state index in [2.05, 4.69) is 15.0 Å². The molecule has 0 N–H and O–H groups in total. The predicted molar refractivity (Wildman–Crippen MR) is 71.2 cm³/mol. The fraction of sp³-hybridized carbons (Fsp3) is 0.500. The lowest BCUT2D eigenvalue weighted by Gasteiger charge is -2.29. The monoisotopic (exact) mass is 278 g/mol. The highest BCUT2D eigenvalue weighted by molar-refractivity contribution is 7.14. The van der Waals surface area contributed by atoms with Gasteiger partial charge < -0.3 is 4.79 Å². The van der Waals surface area contributed by atoms with Crippen LogP contribution in [0.4, 0.5) is 0 Å². The molecule has 7 heteroatoms. The van der Waals surface area contributed by atoms with E-state index in [1.807, 2.05) is 0 Å². The van der Waals surface area contributed by atoms with Crippen LogP contribution in [0.5, 0.6) is 0 Å². The van der Waals surface area contributed by atoms with Crippen LogP contribution in [0.3, 0.4) is 0 Å². The second kappa shape index (κ2) is 5.18. The number of piperidine rings is 1. The SMILES string of the molecule is O=CC1CCCN(Cc2cc(=O)n3ncsc3n2)C1. The summed E-state index contributed by atoms with van der Waals surface area (Å²) in [5.74, 6) is 0.113. The summed E-state index contributed by atoms with van der Waals surface area (Å²) in [6.07, 6.45) is 3.01. The van der Waals surface area contributed by atoms with Gasteiger partial charge in [-0.3, -0.25) is 9.69 Å². The molecule has 2 aromatic rings. The van der Waals surface area contributed by atoms with Crippen LogP contribution in [-0.4, -0.2) is 38.9 Å². The molecule has 0 radical (unpaired) electrons. The van der Waals surface area contributed by atoms with E-state index in [9.17, 15) is 9.59 Å². The van der Waals surface area contributed by atoms with Crippen LogP contribution in [0.25, 0.3) is 4.96 Å². The molecule has 0 aromatic carbocycles. The Morgan fingerprint density at radius 1 is 1.53 bits per heavy atom. The molecule has 100 valence electrons. The zero-order valence-electron chi connectivity index (χ0n) is 10.4. The van der Waals surface area contributed by atoms with Crippen LogP contribution in [0.15, 0.2) is 16.4 Å². The third-order valence-corrected chi connectivity index (χ3v) is 4.03. The van der Waals surface area contributed by atoms with Gasteiger partial charge in [0, 0.05) is 25.1 Å². The van der Waals surface area contributed by atoms with E-state index in [0.29, 0.717) is 11.5 Å². The molecule has 19 heavy (non-hydrogen) atoms. The summed E-state index contributed by atoms with van der Waals surface area (Å²) in [6.45, 7) is 2.33. The van der Waals surface area contributed by atoms with Gasteiger partial charge in [0.15, 0.2) is 0 Å². The highest BCUT2D eigenvalue weighted by Gasteiger charge is 2.20. The number of fused-ring (bicyclic) bond motifs is 1. The number of carbonyl (C=O) groups is 1. The van der Waals surface area contributed by atoms with Crippen molar-refractivity contribution in [3.8, 4) is 0 Å². The minimum Gasteiger partial charge on any atom is -0.303 e. The van der Waals surface area contributed by atoms with Crippen LogP contribution in [0.2, 0.25) is 0 Å². The Kier molecular flexibility index (Phi) is 3.39. The van der Waals surface area contributed by atoms with Crippen molar-refractivity contribution in [3.63, 3.8) is 0 Å². The van der Waals surface area contributed by atoms with E-state index in [4.69, 9.17) is 0 Å². The summed E-state index contributed by atoms with van der Waals surface area (Å²) in [5, 5.41) is 3.93. The van der Waals surface area contributed by atoms with E-state index in [1.165, 1.54) is 21.9 Å². The van der Waals surface area contributed by atoms with Crippen molar-refractivity contribution in [2.75, 3.05) is 13.1 Å². The predicted octanol–water partition coefficient (Wildman–Crippen LogP) is 0.562. The third kappa shape index (κ3) is 2.57. The van der Waals surface area contributed by atoms with Crippen molar-refractivity contribution in [3.05, 3.63) is 27.6 Å². The maximum Gasteiger partial charge on any atom is 0.275 e. The summed E-state index contributed by atoms with van der Waals surface area (Å²) in [6, 6.07) is 1.53. The molecule has 0 amide bonds. The first-order valence-corrected chi connectivity index (χ1v) is 7.14. The van der Waals surface area contributed by atoms with Crippen molar-refractivity contribution < 1.29 is 4.79 Å². The van der Waals surface area contributed by atoms with Crippen LogP contribution >= 0.6 is 11.3 Å². The Morgan fingerprint density at radius 2 is 2.42 bits per heavy atom. The molecule has 1 aliphatic heterocycles. The van der Waals surface area contributed by atoms with E-state index in [1.54, 1.807) is 5.51 Å². The third-order valence-electron chi connectivity index (χ3n) is 3.36. The van der Waals surface area contributed by atoms with Crippen molar-refractivity contribution in [1.82, 2.24) is 19.5 Å². The van der Waals surface area contributed by atoms with E-state index in [-0.39, 0.29) is 11.5 Å². The van der Waals surface area contributed by atoms with Crippen LogP contribution in [0.1, 0.15) is 18.5 Å². The molecule has 6 nitrogen and oxygen atoms in total. The van der Waals surface area contributed by atoms with Gasteiger partial charge in [-0.2, -0.15) is 9.61 Å². The standard InChI is InChI=1S/C12H14N4O2S/c17-7-9-2-1-3-15(5-9)6-10-4-11(18)16-12(14-10)19-8-13-16/h4,7-9H,1-3,5-6H2. The van der Waals surface area contributed by atoms with Gasteiger partial charge in [-0.15, -0.1) is 0 Å². The van der Waals surface area contributed by atoms with Crippen molar-refractivity contribution in [1.29, 1.82) is 0 Å². The Morgan fingerprint density at radius 3 is 3.26 bits per heavy atom. The van der Waals surface area contributed by atoms with E-state index in [0.717, 1.165) is 37.9 Å². The highest BCUT2D eigenvalue weighted by Crippen LogP contribution is 2.16. The molecular formula is C12H14N4O2S. The average Bonchev–Trinajstić information content (AvgIpc) is 2.88. The maximum atomic E-state index is 11.8. The molecule has 1 fully saturated rings. The summed E-state index contributed by atoms with van der Waals surface area (Å²) >= 11 is 1.35. The summed E-state index contributed by atoms with van der Waals surface area (Å²) < 4.78 is 1.30. The quantitative estimate of drug-likeness (QED) is 0.768. The Labute approximate surface area is 113 Å². The number of hydrogen-bond acceptors (Lipinski definition) is 6. The second-order valence-electron chi connectivity index (χ2n) is 4.79. The normalized spacial score (nSPS) is 20.7. The number of aldehydes is 1. The average molecular weight is 278 g/mol. The van der Waals surface area contributed by atoms with Gasteiger partial charge >= 0.3 is 0 Å². The van der Waals surface area contributed by atoms with E-state index < -0.39 is 0 Å². The fourth-order valence-corrected chi connectivity index (χ4v) is 3.10. The molecule has 0 saturated carbocycles. The van der Waals surface area contributed by atoms with Gasteiger partial charge in [-0.05, 0) is 19.4 Å². The van der Waals surface area contributed by atoms with Gasteiger partial charge in [0.2, 0.25) is 4.96 Å². The molecule has 1 unspecified atom stereocenters. The number of carbonyl (C=O) groups excluding carboxylic acids is 1. The molecular weight excluding hydrogens is 264 g/mol. The van der Waals surface area contributed by atoms with E-state index >= 15 is 0 Å². The van der Waals surface area contributed by atoms with Crippen molar-refractivity contribution in [2.24, 2.45) is 5.92 Å². The number of nitrogens with zero attached hydrogens (tertiary/aromatic N) is 4. The smallest absolute Gasteiger partial charge is 0.275 e. The molecule has 0 aliphatic carbocycles. The van der Waals surface area contributed by atoms with Gasteiger partial charge in [-0.1, -0.05) is 11.3 Å². The Bertz CT molecular complexity index is 650. The molecule has 1 saturated heterocycles. The number of likely N-dealkylation sites (tertiary alicyclic amines) is 1. The molecule has 3 rings (SSSR count). The Hall–Kier alpha value is -1.60. The minimum atomic E-state index is -0.148. The lowest BCUT2D eigenvalue weighted by molar-refractivity contribution is -0.112. The Balaban J connectivity index is 1.81. The molecule has 0 bridgehead atoms. The first kappa shape index (κ1) is 12.4. The number of hydrogen-bond donors (Lipinski definition) is 0. The topological polar surface area (TPSA) is 67.6 Å². The lowest BCUT2D eigenvalue weighted by Crippen LogP contribution is -2.36. The highest BCUT2D eigenvalue weighted by atomic mass is 32.1. The molecule has 2 aromatic heterocycles. The molecule has 1 atom stereocenters. The molecule has 1 aliphatic rings. The molecule has 3 heterocycles. The summed E-state index contributed by atoms with van der Waals surface area (Å²) in [4.78, 5) is 29.9. The fourth-order valence-electron chi connectivity index (χ4n) is 2.46. The van der Waals surface area contributed by atoms with Crippen molar-refractivity contribution in [2.45, 2.75) is 19.4 Å².